The highest BCUT2D eigenvalue weighted by Crippen LogP contribution is 2.23. The Hall–Kier alpha value is -2.56. The number of rotatable bonds is 5. The smallest absolute Gasteiger partial charge is 0.222 e. The molecule has 5 heteroatoms. The van der Waals surface area contributed by atoms with Gasteiger partial charge in [-0.05, 0) is 43.4 Å². The van der Waals surface area contributed by atoms with Gasteiger partial charge in [0.05, 0.1) is 6.04 Å². The van der Waals surface area contributed by atoms with Crippen LogP contribution >= 0.6 is 0 Å². The molecule has 1 aliphatic heterocycles. The average Bonchev–Trinajstić information content (AvgIpc) is 3.32. The fourth-order valence-electron chi connectivity index (χ4n) is 3.82. The second-order valence-electron chi connectivity index (χ2n) is 6.83. The fraction of sp³-hybridized carbons (Fsp3) is 0.400. The van der Waals surface area contributed by atoms with Crippen LogP contribution in [0.3, 0.4) is 0 Å². The van der Waals surface area contributed by atoms with E-state index in [1.165, 1.54) is 16.5 Å². The van der Waals surface area contributed by atoms with Gasteiger partial charge in [-0.15, -0.1) is 0 Å². The lowest BCUT2D eigenvalue weighted by Gasteiger charge is -2.33. The number of carbonyl (C=O) groups is 1. The van der Waals surface area contributed by atoms with E-state index in [-0.39, 0.29) is 5.91 Å². The normalized spacial score (nSPS) is 17.9. The van der Waals surface area contributed by atoms with Crippen molar-refractivity contribution in [2.24, 2.45) is 0 Å². The van der Waals surface area contributed by atoms with Crippen molar-refractivity contribution in [3.8, 4) is 0 Å². The molecule has 130 valence electrons. The van der Waals surface area contributed by atoms with E-state index in [4.69, 9.17) is 0 Å². The maximum atomic E-state index is 12.6. The molecule has 2 aromatic heterocycles. The Labute approximate surface area is 147 Å². The summed E-state index contributed by atoms with van der Waals surface area (Å²) < 4.78 is 1.99. The van der Waals surface area contributed by atoms with E-state index in [0.717, 1.165) is 38.8 Å². The first-order valence-electron chi connectivity index (χ1n) is 9.13. The van der Waals surface area contributed by atoms with Crippen LogP contribution in [0, 0.1) is 0 Å². The lowest BCUT2D eigenvalue weighted by molar-refractivity contribution is -0.133. The van der Waals surface area contributed by atoms with Gasteiger partial charge in [0.15, 0.2) is 0 Å². The molecule has 0 saturated carbocycles. The molecule has 1 N–H and O–H groups in total. The topological polar surface area (TPSA) is 53.9 Å². The van der Waals surface area contributed by atoms with Crippen LogP contribution in [0.25, 0.3) is 10.9 Å². The molecule has 0 radical (unpaired) electrons. The molecular weight excluding hydrogens is 312 g/mol. The van der Waals surface area contributed by atoms with Crippen molar-refractivity contribution in [2.75, 3.05) is 13.1 Å². The van der Waals surface area contributed by atoms with Gasteiger partial charge in [0.2, 0.25) is 5.91 Å². The number of amides is 1. The van der Waals surface area contributed by atoms with Gasteiger partial charge in [0, 0.05) is 49.0 Å². The Morgan fingerprint density at radius 1 is 1.28 bits per heavy atom. The molecule has 4 rings (SSSR count). The fourth-order valence-corrected chi connectivity index (χ4v) is 3.82. The van der Waals surface area contributed by atoms with Crippen molar-refractivity contribution < 1.29 is 4.79 Å². The van der Waals surface area contributed by atoms with E-state index in [0.29, 0.717) is 12.5 Å². The highest BCUT2D eigenvalue weighted by Gasteiger charge is 2.24. The van der Waals surface area contributed by atoms with Gasteiger partial charge in [-0.3, -0.25) is 9.48 Å². The predicted molar refractivity (Wildman–Crippen MR) is 98.3 cm³/mol. The van der Waals surface area contributed by atoms with Crippen LogP contribution in [-0.4, -0.2) is 38.7 Å². The molecule has 25 heavy (non-hydrogen) atoms. The van der Waals surface area contributed by atoms with Crippen LogP contribution in [0.15, 0.2) is 48.9 Å². The highest BCUT2D eigenvalue weighted by molar-refractivity contribution is 5.83. The molecule has 0 bridgehead atoms. The largest absolute Gasteiger partial charge is 0.361 e. The summed E-state index contributed by atoms with van der Waals surface area (Å²) in [6.07, 6.45) is 10.5. The van der Waals surface area contributed by atoms with Crippen LogP contribution < -0.4 is 0 Å². The summed E-state index contributed by atoms with van der Waals surface area (Å²) in [5.74, 6) is 0.275. The number of aromatic nitrogens is 3. The molecule has 1 saturated heterocycles. The molecule has 1 aromatic carbocycles. The van der Waals surface area contributed by atoms with Crippen molar-refractivity contribution in [2.45, 2.75) is 38.1 Å². The van der Waals surface area contributed by atoms with E-state index in [9.17, 15) is 4.79 Å². The van der Waals surface area contributed by atoms with Gasteiger partial charge >= 0.3 is 0 Å². The molecular formula is C20H24N4O. The molecule has 1 amide bonds. The Balaban J connectivity index is 1.31. The number of carbonyl (C=O) groups excluding carboxylic acids is 1. The number of H-pyrrole nitrogens is 1. The van der Waals surface area contributed by atoms with Crippen molar-refractivity contribution in [3.05, 3.63) is 54.5 Å². The van der Waals surface area contributed by atoms with Crippen LogP contribution in [0.2, 0.25) is 0 Å². The van der Waals surface area contributed by atoms with Crippen LogP contribution in [0.4, 0.5) is 0 Å². The van der Waals surface area contributed by atoms with Crippen LogP contribution in [-0.2, 0) is 11.2 Å². The zero-order valence-electron chi connectivity index (χ0n) is 14.4. The summed E-state index contributed by atoms with van der Waals surface area (Å²) >= 11 is 0. The maximum Gasteiger partial charge on any atom is 0.222 e. The average molecular weight is 336 g/mol. The lowest BCUT2D eigenvalue weighted by Crippen LogP contribution is -2.40. The summed E-state index contributed by atoms with van der Waals surface area (Å²) in [6, 6.07) is 10.6. The zero-order valence-corrected chi connectivity index (χ0v) is 14.4. The van der Waals surface area contributed by atoms with Gasteiger partial charge in [0.25, 0.3) is 0 Å². The van der Waals surface area contributed by atoms with E-state index in [1.807, 2.05) is 34.1 Å². The molecule has 0 unspecified atom stereocenters. The SMILES string of the molecule is O=C(CCCc1c[nH]c2ccccc12)N1CCC[C@@H](n2cccn2)C1. The van der Waals surface area contributed by atoms with Gasteiger partial charge in [0.1, 0.15) is 0 Å². The minimum absolute atomic E-state index is 0.275. The quantitative estimate of drug-likeness (QED) is 0.775. The number of hydrogen-bond donors (Lipinski definition) is 1. The highest BCUT2D eigenvalue weighted by atomic mass is 16.2. The monoisotopic (exact) mass is 336 g/mol. The van der Waals surface area contributed by atoms with Crippen LogP contribution in [0.1, 0.15) is 37.3 Å². The number of fused-ring (bicyclic) bond motifs is 1. The predicted octanol–water partition coefficient (Wildman–Crippen LogP) is 3.55. The number of benzene rings is 1. The Bertz CT molecular complexity index is 836. The standard InChI is InChI=1S/C20H24N4O/c25-20(23-12-4-7-17(15-23)24-13-5-11-22-24)10-3-6-16-14-21-19-9-2-1-8-18(16)19/h1-2,5,8-9,11,13-14,17,21H,3-4,6-7,10,12,15H2/t17-/m1/s1. The second kappa shape index (κ2) is 7.13. The molecule has 1 atom stereocenters. The third kappa shape index (κ3) is 3.45. The third-order valence-electron chi connectivity index (χ3n) is 5.16. The van der Waals surface area contributed by atoms with Gasteiger partial charge in [-0.25, -0.2) is 0 Å². The maximum absolute atomic E-state index is 12.6. The van der Waals surface area contributed by atoms with Crippen LogP contribution in [0.5, 0.6) is 0 Å². The van der Waals surface area contributed by atoms with Gasteiger partial charge < -0.3 is 9.88 Å². The summed E-state index contributed by atoms with van der Waals surface area (Å²) in [5.41, 5.74) is 2.47. The molecule has 3 aromatic rings. The number of nitrogens with zero attached hydrogens (tertiary/aromatic N) is 3. The minimum atomic E-state index is 0.275. The van der Waals surface area contributed by atoms with Crippen molar-refractivity contribution in [1.82, 2.24) is 19.7 Å². The third-order valence-corrected chi connectivity index (χ3v) is 5.16. The number of hydrogen-bond acceptors (Lipinski definition) is 2. The number of para-hydroxylation sites is 1. The van der Waals surface area contributed by atoms with Crippen molar-refractivity contribution in [3.63, 3.8) is 0 Å². The molecule has 1 aliphatic rings. The first kappa shape index (κ1) is 15.9. The summed E-state index contributed by atoms with van der Waals surface area (Å²) in [6.45, 7) is 1.66. The lowest BCUT2D eigenvalue weighted by atomic mass is 10.0. The summed E-state index contributed by atoms with van der Waals surface area (Å²) in [5, 5.41) is 5.60. The number of piperidine rings is 1. The van der Waals surface area contributed by atoms with Crippen molar-refractivity contribution in [1.29, 1.82) is 0 Å². The number of aryl methyl sites for hydroxylation is 1. The van der Waals surface area contributed by atoms with E-state index in [2.05, 4.69) is 34.5 Å². The first-order chi connectivity index (χ1) is 12.3. The minimum Gasteiger partial charge on any atom is -0.361 e. The molecule has 0 spiro atoms. The number of likely N-dealkylation sites (tertiary alicyclic amines) is 1. The second-order valence-corrected chi connectivity index (χ2v) is 6.83. The first-order valence-corrected chi connectivity index (χ1v) is 9.13. The molecule has 5 nitrogen and oxygen atoms in total. The molecule has 3 heterocycles. The molecule has 0 aliphatic carbocycles. The van der Waals surface area contributed by atoms with E-state index in [1.54, 1.807) is 0 Å². The Morgan fingerprint density at radius 3 is 3.08 bits per heavy atom. The van der Waals surface area contributed by atoms with E-state index >= 15 is 0 Å². The Morgan fingerprint density at radius 2 is 2.20 bits per heavy atom. The van der Waals surface area contributed by atoms with E-state index < -0.39 is 0 Å². The van der Waals surface area contributed by atoms with Gasteiger partial charge in [-0.2, -0.15) is 5.10 Å². The number of aromatic amines is 1. The Kier molecular flexibility index (Phi) is 4.55. The summed E-state index contributed by atoms with van der Waals surface area (Å²) in [4.78, 5) is 17.9. The zero-order chi connectivity index (χ0) is 17.1. The molecule has 1 fully saturated rings. The van der Waals surface area contributed by atoms with Crippen molar-refractivity contribution >= 4 is 16.8 Å². The summed E-state index contributed by atoms with van der Waals surface area (Å²) in [7, 11) is 0. The van der Waals surface area contributed by atoms with Gasteiger partial charge in [-0.1, -0.05) is 18.2 Å². The number of nitrogens with one attached hydrogen (secondary N) is 1.